The van der Waals surface area contributed by atoms with E-state index in [4.69, 9.17) is 0 Å². The van der Waals surface area contributed by atoms with Crippen LogP contribution in [0.5, 0.6) is 0 Å². The molecular weight excluding hydrogens is 124 g/mol. The van der Waals surface area contributed by atoms with Gasteiger partial charge in [0, 0.05) is 5.11 Å². The molecule has 6 heteroatoms. The molecule has 1 heterocycles. The first-order chi connectivity index (χ1) is 4.34. The van der Waals surface area contributed by atoms with Crippen LogP contribution in [0.25, 0.3) is 0 Å². The zero-order valence-corrected chi connectivity index (χ0v) is 4.68. The van der Waals surface area contributed by atoms with Crippen molar-refractivity contribution < 1.29 is 9.53 Å². The van der Waals surface area contributed by atoms with Crippen LogP contribution in [0.1, 0.15) is 0 Å². The van der Waals surface area contributed by atoms with E-state index in [0.717, 1.165) is 0 Å². The van der Waals surface area contributed by atoms with Crippen LogP contribution in [-0.2, 0) is 0 Å². The van der Waals surface area contributed by atoms with E-state index in [0.29, 0.717) is 0 Å². The average molecular weight is 128 g/mol. The summed E-state index contributed by atoms with van der Waals surface area (Å²) >= 11 is 0. The van der Waals surface area contributed by atoms with Crippen molar-refractivity contribution in [3.63, 3.8) is 0 Å². The SMILES string of the molecule is CN=Nc1cno[n+]1[O-]. The number of aromatic nitrogens is 2. The van der Waals surface area contributed by atoms with Crippen molar-refractivity contribution in [2.45, 2.75) is 0 Å². The molecule has 0 bridgehead atoms. The second kappa shape index (κ2) is 2.21. The summed E-state index contributed by atoms with van der Waals surface area (Å²) in [7, 11) is 1.45. The molecule has 0 aliphatic rings. The Morgan fingerprint density at radius 2 is 2.67 bits per heavy atom. The highest BCUT2D eigenvalue weighted by molar-refractivity contribution is 5.09. The standard InChI is InChI=1S/C3H4N4O2/c1-4-6-3-2-5-9-7(3)8/h2H,1H3. The third-order valence-corrected chi connectivity index (χ3v) is 0.679. The minimum absolute atomic E-state index is 0.0532. The Bertz CT molecular complexity index is 217. The maximum atomic E-state index is 10.3. The van der Waals surface area contributed by atoms with Crippen molar-refractivity contribution in [2.24, 2.45) is 10.2 Å². The highest BCUT2D eigenvalue weighted by Gasteiger charge is 2.02. The summed E-state index contributed by atoms with van der Waals surface area (Å²) in [6.07, 6.45) is 1.18. The van der Waals surface area contributed by atoms with Crippen molar-refractivity contribution in [2.75, 3.05) is 7.05 Å². The topological polar surface area (TPSA) is 77.7 Å². The lowest BCUT2D eigenvalue weighted by atomic mass is 10.8. The van der Waals surface area contributed by atoms with E-state index in [1.807, 2.05) is 0 Å². The van der Waals surface area contributed by atoms with Gasteiger partial charge in [0.15, 0.2) is 0 Å². The van der Waals surface area contributed by atoms with Crippen molar-refractivity contribution in [3.8, 4) is 0 Å². The average Bonchev–Trinajstić information content (AvgIpc) is 2.18. The first kappa shape index (κ1) is 5.67. The van der Waals surface area contributed by atoms with E-state index in [2.05, 4.69) is 20.0 Å². The zero-order chi connectivity index (χ0) is 6.69. The van der Waals surface area contributed by atoms with Gasteiger partial charge in [-0.15, -0.1) is 5.11 Å². The largest absolute Gasteiger partial charge is 0.391 e. The van der Waals surface area contributed by atoms with Crippen LogP contribution in [0.2, 0.25) is 0 Å². The molecule has 0 amide bonds. The first-order valence-electron chi connectivity index (χ1n) is 2.19. The van der Waals surface area contributed by atoms with Gasteiger partial charge in [-0.05, 0) is 5.16 Å². The molecule has 0 aliphatic carbocycles. The highest BCUT2D eigenvalue weighted by Crippen LogP contribution is 1.99. The Morgan fingerprint density at radius 1 is 1.89 bits per heavy atom. The van der Waals surface area contributed by atoms with Crippen molar-refractivity contribution in [1.82, 2.24) is 5.16 Å². The minimum Gasteiger partial charge on any atom is -0.391 e. The Hall–Kier alpha value is -1.46. The molecule has 0 N–H and O–H groups in total. The highest BCUT2D eigenvalue weighted by atomic mass is 16.8. The molecule has 6 nitrogen and oxygen atoms in total. The molecule has 1 rings (SSSR count). The Kier molecular flexibility index (Phi) is 1.39. The van der Waals surface area contributed by atoms with E-state index < -0.39 is 0 Å². The Balaban J connectivity index is 2.94. The van der Waals surface area contributed by atoms with Gasteiger partial charge in [-0.2, -0.15) is 0 Å². The Labute approximate surface area is 50.3 Å². The van der Waals surface area contributed by atoms with Crippen LogP contribution < -0.4 is 4.90 Å². The van der Waals surface area contributed by atoms with Crippen molar-refractivity contribution in [3.05, 3.63) is 11.4 Å². The molecule has 1 aromatic rings. The summed E-state index contributed by atoms with van der Waals surface area (Å²) in [6.45, 7) is 0. The normalized spacial score (nSPS) is 10.8. The quantitative estimate of drug-likeness (QED) is 0.395. The molecule has 0 aliphatic heterocycles. The minimum atomic E-state index is 0.0532. The van der Waals surface area contributed by atoms with Gasteiger partial charge in [0.25, 0.3) is 0 Å². The molecule has 1 aromatic heterocycles. The molecule has 0 saturated carbocycles. The van der Waals surface area contributed by atoms with Gasteiger partial charge in [-0.25, -0.2) is 0 Å². The third-order valence-electron chi connectivity index (χ3n) is 0.679. The first-order valence-corrected chi connectivity index (χ1v) is 2.19. The van der Waals surface area contributed by atoms with Gasteiger partial charge < -0.3 is 9.84 Å². The lowest BCUT2D eigenvalue weighted by molar-refractivity contribution is -0.792. The van der Waals surface area contributed by atoms with E-state index in [1.54, 1.807) is 0 Å². The van der Waals surface area contributed by atoms with E-state index in [-0.39, 0.29) is 10.7 Å². The van der Waals surface area contributed by atoms with Crippen LogP contribution in [-0.4, -0.2) is 12.2 Å². The van der Waals surface area contributed by atoms with Crippen LogP contribution in [0.4, 0.5) is 5.82 Å². The molecular formula is C3H4N4O2. The summed E-state index contributed by atoms with van der Waals surface area (Å²) in [4.78, 5) is 0.174. The third kappa shape index (κ3) is 1.01. The summed E-state index contributed by atoms with van der Waals surface area (Å²) in [5, 5.41) is 20.2. The summed E-state index contributed by atoms with van der Waals surface area (Å²) in [6, 6.07) is 0. The maximum absolute atomic E-state index is 10.3. The zero-order valence-electron chi connectivity index (χ0n) is 4.68. The number of hydrogen-bond donors (Lipinski definition) is 0. The predicted octanol–water partition coefficient (Wildman–Crippen LogP) is 0.0215. The molecule has 0 fully saturated rings. The summed E-state index contributed by atoms with van der Waals surface area (Å²) in [5.74, 6) is 0.0532. The molecule has 48 valence electrons. The van der Waals surface area contributed by atoms with E-state index >= 15 is 0 Å². The van der Waals surface area contributed by atoms with Gasteiger partial charge in [0.2, 0.25) is 6.20 Å². The van der Waals surface area contributed by atoms with Gasteiger partial charge in [0.05, 0.1) is 7.05 Å². The predicted molar refractivity (Wildman–Crippen MR) is 25.9 cm³/mol. The van der Waals surface area contributed by atoms with Gasteiger partial charge in [0.1, 0.15) is 0 Å². The lowest BCUT2D eigenvalue weighted by Crippen LogP contribution is -2.21. The fourth-order valence-electron chi connectivity index (χ4n) is 0.367. The molecule has 0 unspecified atom stereocenters. The monoisotopic (exact) mass is 128 g/mol. The molecule has 0 atom stereocenters. The molecule has 0 radical (unpaired) electrons. The van der Waals surface area contributed by atoms with Crippen LogP contribution in [0.3, 0.4) is 0 Å². The molecule has 9 heavy (non-hydrogen) atoms. The van der Waals surface area contributed by atoms with Crippen molar-refractivity contribution >= 4 is 5.82 Å². The van der Waals surface area contributed by atoms with E-state index in [1.165, 1.54) is 13.2 Å². The number of hydrogen-bond acceptors (Lipinski definition) is 5. The molecule has 0 saturated heterocycles. The number of nitrogens with zero attached hydrogens (tertiary/aromatic N) is 4. The summed E-state index contributed by atoms with van der Waals surface area (Å²) in [5.41, 5.74) is 0. The number of azo groups is 1. The maximum Gasteiger partial charge on any atom is 0.358 e. The fourth-order valence-corrected chi connectivity index (χ4v) is 0.367. The van der Waals surface area contributed by atoms with Gasteiger partial charge in [-0.1, -0.05) is 4.90 Å². The lowest BCUT2D eigenvalue weighted by Gasteiger charge is -1.82. The van der Waals surface area contributed by atoms with E-state index in [9.17, 15) is 5.21 Å². The van der Waals surface area contributed by atoms with Crippen LogP contribution in [0, 0.1) is 5.21 Å². The summed E-state index contributed by atoms with van der Waals surface area (Å²) < 4.78 is 4.07. The second-order valence-corrected chi connectivity index (χ2v) is 1.23. The Morgan fingerprint density at radius 3 is 3.11 bits per heavy atom. The van der Waals surface area contributed by atoms with Crippen LogP contribution in [0.15, 0.2) is 21.1 Å². The smallest absolute Gasteiger partial charge is 0.358 e. The van der Waals surface area contributed by atoms with Crippen LogP contribution >= 0.6 is 0 Å². The van der Waals surface area contributed by atoms with Crippen molar-refractivity contribution in [1.29, 1.82) is 0 Å². The number of rotatable bonds is 1. The second-order valence-electron chi connectivity index (χ2n) is 1.23. The fraction of sp³-hybridized carbons (Fsp3) is 0.333. The molecule has 0 aromatic carbocycles. The molecule has 0 spiro atoms. The van der Waals surface area contributed by atoms with Gasteiger partial charge >= 0.3 is 5.82 Å². The van der Waals surface area contributed by atoms with Gasteiger partial charge in [-0.3, -0.25) is 0 Å².